The van der Waals surface area contributed by atoms with Crippen molar-refractivity contribution >= 4 is 5.91 Å². The van der Waals surface area contributed by atoms with Crippen molar-refractivity contribution in [2.75, 3.05) is 27.9 Å². The third kappa shape index (κ3) is 4.53. The Morgan fingerprint density at radius 3 is 2.32 bits per heavy atom. The first kappa shape index (κ1) is 18.4. The van der Waals surface area contributed by atoms with E-state index in [-0.39, 0.29) is 5.91 Å². The third-order valence-electron chi connectivity index (χ3n) is 3.86. The maximum atomic E-state index is 11.2. The number of methoxy groups -OCH3 is 3. The van der Waals surface area contributed by atoms with E-state index in [0.717, 1.165) is 22.4 Å². The van der Waals surface area contributed by atoms with Crippen LogP contribution in [0.4, 0.5) is 0 Å². The number of carbonyl (C=O) groups is 1. The number of rotatable bonds is 8. The second kappa shape index (κ2) is 8.78. The van der Waals surface area contributed by atoms with Crippen LogP contribution in [-0.2, 0) is 11.2 Å². The van der Waals surface area contributed by atoms with Crippen molar-refractivity contribution in [1.82, 2.24) is 5.32 Å². The molecule has 5 heteroatoms. The first-order chi connectivity index (χ1) is 12.1. The Labute approximate surface area is 148 Å². The van der Waals surface area contributed by atoms with Crippen LogP contribution in [0.25, 0.3) is 11.1 Å². The van der Waals surface area contributed by atoms with Gasteiger partial charge in [-0.3, -0.25) is 4.79 Å². The second-order valence-corrected chi connectivity index (χ2v) is 5.35. The number of benzene rings is 2. The highest BCUT2D eigenvalue weighted by molar-refractivity contribution is 5.86. The second-order valence-electron chi connectivity index (χ2n) is 5.35. The number of ether oxygens (including phenoxy) is 3. The molecule has 0 atom stereocenters. The summed E-state index contributed by atoms with van der Waals surface area (Å²) in [5.41, 5.74) is 3.01. The average molecular weight is 341 g/mol. The maximum absolute atomic E-state index is 11.2. The first-order valence-corrected chi connectivity index (χ1v) is 7.92. The van der Waals surface area contributed by atoms with Crippen LogP contribution in [0.5, 0.6) is 17.2 Å². The monoisotopic (exact) mass is 341 g/mol. The van der Waals surface area contributed by atoms with Crippen LogP contribution in [0.3, 0.4) is 0 Å². The molecule has 0 aromatic heterocycles. The molecule has 0 bridgehead atoms. The van der Waals surface area contributed by atoms with Gasteiger partial charge < -0.3 is 19.5 Å². The summed E-state index contributed by atoms with van der Waals surface area (Å²) in [6.07, 6.45) is 1.98. The van der Waals surface area contributed by atoms with Gasteiger partial charge in [-0.25, -0.2) is 0 Å². The molecule has 1 amide bonds. The van der Waals surface area contributed by atoms with Crippen LogP contribution in [-0.4, -0.2) is 33.8 Å². The van der Waals surface area contributed by atoms with E-state index in [4.69, 9.17) is 14.2 Å². The Kier molecular flexibility index (Phi) is 6.46. The Balaban J connectivity index is 2.30. The van der Waals surface area contributed by atoms with E-state index in [9.17, 15) is 4.79 Å². The predicted molar refractivity (Wildman–Crippen MR) is 98.4 cm³/mol. The fraction of sp³-hybridized carbons (Fsp3) is 0.250. The van der Waals surface area contributed by atoms with Crippen molar-refractivity contribution in [2.45, 2.75) is 6.42 Å². The van der Waals surface area contributed by atoms with Gasteiger partial charge in [-0.1, -0.05) is 18.7 Å². The highest BCUT2D eigenvalue weighted by Crippen LogP contribution is 2.36. The molecule has 1 N–H and O–H groups in total. The lowest BCUT2D eigenvalue weighted by atomic mass is 10.00. The predicted octanol–water partition coefficient (Wildman–Crippen LogP) is 3.22. The Bertz CT molecular complexity index is 755. The van der Waals surface area contributed by atoms with Crippen LogP contribution < -0.4 is 19.5 Å². The molecule has 0 saturated carbocycles. The Morgan fingerprint density at radius 2 is 1.68 bits per heavy atom. The lowest BCUT2D eigenvalue weighted by Gasteiger charge is -2.14. The van der Waals surface area contributed by atoms with Gasteiger partial charge in [0.15, 0.2) is 11.5 Å². The molecule has 0 aliphatic carbocycles. The van der Waals surface area contributed by atoms with E-state index in [2.05, 4.69) is 18.0 Å². The summed E-state index contributed by atoms with van der Waals surface area (Å²) in [5, 5.41) is 2.78. The van der Waals surface area contributed by atoms with Gasteiger partial charge in [0.1, 0.15) is 5.75 Å². The van der Waals surface area contributed by atoms with Crippen molar-refractivity contribution < 1.29 is 19.0 Å². The number of amides is 1. The van der Waals surface area contributed by atoms with Crippen molar-refractivity contribution in [3.8, 4) is 28.4 Å². The van der Waals surface area contributed by atoms with Crippen molar-refractivity contribution in [3.05, 3.63) is 54.6 Å². The van der Waals surface area contributed by atoms with Gasteiger partial charge >= 0.3 is 0 Å². The minimum Gasteiger partial charge on any atom is -0.496 e. The van der Waals surface area contributed by atoms with Crippen molar-refractivity contribution in [1.29, 1.82) is 0 Å². The van der Waals surface area contributed by atoms with Crippen LogP contribution in [0.1, 0.15) is 5.56 Å². The van der Waals surface area contributed by atoms with Crippen LogP contribution in [0.15, 0.2) is 49.1 Å². The lowest BCUT2D eigenvalue weighted by Crippen LogP contribution is -2.23. The number of hydrogen-bond donors (Lipinski definition) is 1. The van der Waals surface area contributed by atoms with Gasteiger partial charge in [0.05, 0.1) is 21.3 Å². The molecule has 0 radical (unpaired) electrons. The normalized spacial score (nSPS) is 10.0. The smallest absolute Gasteiger partial charge is 0.243 e. The summed E-state index contributed by atoms with van der Waals surface area (Å²) in [7, 11) is 4.86. The zero-order valence-electron chi connectivity index (χ0n) is 14.8. The average Bonchev–Trinajstić information content (AvgIpc) is 2.67. The molecule has 25 heavy (non-hydrogen) atoms. The van der Waals surface area contributed by atoms with E-state index in [1.807, 2.05) is 30.3 Å². The molecule has 0 spiro atoms. The van der Waals surface area contributed by atoms with Crippen LogP contribution in [0.2, 0.25) is 0 Å². The highest BCUT2D eigenvalue weighted by atomic mass is 16.5. The summed E-state index contributed by atoms with van der Waals surface area (Å²) >= 11 is 0. The fourth-order valence-corrected chi connectivity index (χ4v) is 2.54. The Hall–Kier alpha value is -2.95. The van der Waals surface area contributed by atoms with Gasteiger partial charge in [-0.05, 0) is 47.9 Å². The highest BCUT2D eigenvalue weighted by Gasteiger charge is 2.11. The maximum Gasteiger partial charge on any atom is 0.243 e. The van der Waals surface area contributed by atoms with Crippen molar-refractivity contribution in [3.63, 3.8) is 0 Å². The number of carbonyl (C=O) groups excluding carboxylic acids is 1. The minimum absolute atomic E-state index is 0.173. The molecule has 0 unspecified atom stereocenters. The minimum atomic E-state index is -0.173. The van der Waals surface area contributed by atoms with E-state index in [0.29, 0.717) is 24.5 Å². The first-order valence-electron chi connectivity index (χ1n) is 7.92. The van der Waals surface area contributed by atoms with Crippen LogP contribution in [0, 0.1) is 0 Å². The topological polar surface area (TPSA) is 56.8 Å². The number of hydrogen-bond acceptors (Lipinski definition) is 4. The van der Waals surface area contributed by atoms with Gasteiger partial charge in [0, 0.05) is 12.1 Å². The van der Waals surface area contributed by atoms with Gasteiger partial charge in [-0.2, -0.15) is 0 Å². The van der Waals surface area contributed by atoms with Crippen molar-refractivity contribution in [2.24, 2.45) is 0 Å². The molecule has 5 nitrogen and oxygen atoms in total. The van der Waals surface area contributed by atoms with E-state index < -0.39 is 0 Å². The lowest BCUT2D eigenvalue weighted by molar-refractivity contribution is -0.116. The fourth-order valence-electron chi connectivity index (χ4n) is 2.54. The number of nitrogens with one attached hydrogen (secondary N) is 1. The van der Waals surface area contributed by atoms with E-state index in [1.165, 1.54) is 6.08 Å². The summed E-state index contributed by atoms with van der Waals surface area (Å²) in [4.78, 5) is 11.2. The molecule has 2 rings (SSSR count). The van der Waals surface area contributed by atoms with Gasteiger partial charge in [0.25, 0.3) is 0 Å². The molecule has 0 heterocycles. The zero-order valence-corrected chi connectivity index (χ0v) is 14.8. The quantitative estimate of drug-likeness (QED) is 0.749. The van der Waals surface area contributed by atoms with E-state index >= 15 is 0 Å². The third-order valence-corrected chi connectivity index (χ3v) is 3.86. The molecule has 0 fully saturated rings. The molecule has 132 valence electrons. The van der Waals surface area contributed by atoms with E-state index in [1.54, 1.807) is 21.3 Å². The van der Waals surface area contributed by atoms with Crippen LogP contribution >= 0.6 is 0 Å². The zero-order chi connectivity index (χ0) is 18.2. The van der Waals surface area contributed by atoms with Gasteiger partial charge in [-0.15, -0.1) is 0 Å². The molecule has 2 aromatic rings. The summed E-state index contributed by atoms with van der Waals surface area (Å²) in [6, 6.07) is 11.7. The molecule has 2 aromatic carbocycles. The molecule has 0 saturated heterocycles. The molecule has 0 aliphatic heterocycles. The SMILES string of the molecule is C=CC(=O)NCCc1ccc(OC)c(-c2ccc(OC)c(OC)c2)c1. The molecular formula is C20H23NO4. The summed E-state index contributed by atoms with van der Waals surface area (Å²) < 4.78 is 16.2. The summed E-state index contributed by atoms with van der Waals surface area (Å²) in [6.45, 7) is 3.99. The Morgan fingerprint density at radius 1 is 1.00 bits per heavy atom. The standard InChI is InChI=1S/C20H23NO4/c1-5-20(22)21-11-10-14-6-8-17(23-2)16(12-14)15-7-9-18(24-3)19(13-15)25-4/h5-9,12-13H,1,10-11H2,2-4H3,(H,21,22). The molecule has 0 aliphatic rings. The van der Waals surface area contributed by atoms with Gasteiger partial charge in [0.2, 0.25) is 5.91 Å². The summed E-state index contributed by atoms with van der Waals surface area (Å²) in [5.74, 6) is 1.93. The largest absolute Gasteiger partial charge is 0.496 e. The molecular weight excluding hydrogens is 318 g/mol.